The van der Waals surface area contributed by atoms with Crippen LogP contribution in [0.1, 0.15) is 30.1 Å². The molecule has 110 valence electrons. The molecule has 1 rings (SSSR count). The first-order chi connectivity index (χ1) is 9.56. The first kappa shape index (κ1) is 16.0. The quantitative estimate of drug-likeness (QED) is 0.451. The molecule has 0 aromatic heterocycles. The molecule has 0 aliphatic rings. The van der Waals surface area contributed by atoms with Gasteiger partial charge in [0, 0.05) is 25.8 Å². The number of nitrogens with zero attached hydrogens (tertiary/aromatic N) is 1. The summed E-state index contributed by atoms with van der Waals surface area (Å²) < 4.78 is 18.3. The van der Waals surface area contributed by atoms with Crippen LogP contribution in [0.15, 0.2) is 18.2 Å². The van der Waals surface area contributed by atoms with Crippen molar-refractivity contribution in [2.75, 3.05) is 19.8 Å². The Balaban J connectivity index is 2.54. The molecule has 20 heavy (non-hydrogen) atoms. The summed E-state index contributed by atoms with van der Waals surface area (Å²) in [5, 5.41) is 13.3. The van der Waals surface area contributed by atoms with Gasteiger partial charge in [-0.05, 0) is 25.0 Å². The smallest absolute Gasteiger partial charge is 0.282 e. The SMILES string of the molecule is CCCOCCCNC(=O)c1cc(F)ccc1[N+](=O)[O-]. The lowest BCUT2D eigenvalue weighted by Gasteiger charge is -2.06. The highest BCUT2D eigenvalue weighted by Crippen LogP contribution is 2.19. The van der Waals surface area contributed by atoms with E-state index in [0.29, 0.717) is 26.2 Å². The monoisotopic (exact) mass is 284 g/mol. The van der Waals surface area contributed by atoms with E-state index in [4.69, 9.17) is 4.74 Å². The minimum Gasteiger partial charge on any atom is -0.381 e. The number of nitro groups is 1. The van der Waals surface area contributed by atoms with Gasteiger partial charge in [-0.25, -0.2) is 4.39 Å². The molecule has 0 saturated heterocycles. The van der Waals surface area contributed by atoms with Crippen molar-refractivity contribution in [3.05, 3.63) is 39.7 Å². The van der Waals surface area contributed by atoms with Crippen LogP contribution in [0.25, 0.3) is 0 Å². The van der Waals surface area contributed by atoms with Crippen molar-refractivity contribution >= 4 is 11.6 Å². The van der Waals surface area contributed by atoms with E-state index in [1.54, 1.807) is 0 Å². The highest BCUT2D eigenvalue weighted by molar-refractivity contribution is 5.98. The first-order valence-electron chi connectivity index (χ1n) is 6.36. The van der Waals surface area contributed by atoms with Crippen LogP contribution in [0.4, 0.5) is 10.1 Å². The molecule has 1 aromatic carbocycles. The Bertz CT molecular complexity index is 479. The Morgan fingerprint density at radius 2 is 2.20 bits per heavy atom. The van der Waals surface area contributed by atoms with Crippen LogP contribution in [-0.2, 0) is 4.74 Å². The fourth-order valence-electron chi connectivity index (χ4n) is 1.57. The van der Waals surface area contributed by atoms with Crippen molar-refractivity contribution in [3.63, 3.8) is 0 Å². The van der Waals surface area contributed by atoms with Gasteiger partial charge in [0.1, 0.15) is 11.4 Å². The molecule has 1 N–H and O–H groups in total. The van der Waals surface area contributed by atoms with E-state index in [1.807, 2.05) is 6.92 Å². The standard InChI is InChI=1S/C13H17FN2O4/c1-2-7-20-8-3-6-15-13(17)11-9-10(14)4-5-12(11)16(18)19/h4-5,9H,2-3,6-8H2,1H3,(H,15,17). The van der Waals surface area contributed by atoms with Gasteiger partial charge in [-0.1, -0.05) is 6.92 Å². The highest BCUT2D eigenvalue weighted by atomic mass is 19.1. The molecular weight excluding hydrogens is 267 g/mol. The minimum absolute atomic E-state index is 0.274. The first-order valence-corrected chi connectivity index (χ1v) is 6.36. The summed E-state index contributed by atoms with van der Waals surface area (Å²) in [6.07, 6.45) is 1.51. The summed E-state index contributed by atoms with van der Waals surface area (Å²) in [4.78, 5) is 21.8. The number of hydrogen-bond acceptors (Lipinski definition) is 4. The summed E-state index contributed by atoms with van der Waals surface area (Å²) in [7, 11) is 0. The molecule has 0 aliphatic heterocycles. The summed E-state index contributed by atoms with van der Waals surface area (Å²) in [6.45, 7) is 3.46. The number of carbonyl (C=O) groups is 1. The molecule has 0 bridgehead atoms. The van der Waals surface area contributed by atoms with Crippen LogP contribution in [0.5, 0.6) is 0 Å². The molecular formula is C13H17FN2O4. The number of ether oxygens (including phenoxy) is 1. The maximum Gasteiger partial charge on any atom is 0.282 e. The number of nitro benzene ring substituents is 1. The van der Waals surface area contributed by atoms with Crippen molar-refractivity contribution in [1.82, 2.24) is 5.32 Å². The van der Waals surface area contributed by atoms with E-state index in [9.17, 15) is 19.3 Å². The van der Waals surface area contributed by atoms with Crippen LogP contribution in [0.3, 0.4) is 0 Å². The van der Waals surface area contributed by atoms with Gasteiger partial charge >= 0.3 is 0 Å². The van der Waals surface area contributed by atoms with Gasteiger partial charge < -0.3 is 10.1 Å². The number of carbonyl (C=O) groups excluding carboxylic acids is 1. The molecule has 0 radical (unpaired) electrons. The summed E-state index contributed by atoms with van der Waals surface area (Å²) in [6, 6.07) is 2.79. The van der Waals surface area contributed by atoms with E-state index in [0.717, 1.165) is 24.6 Å². The van der Waals surface area contributed by atoms with E-state index >= 15 is 0 Å². The predicted octanol–water partition coefficient (Wildman–Crippen LogP) is 2.28. The third-order valence-electron chi connectivity index (χ3n) is 2.50. The van der Waals surface area contributed by atoms with Crippen LogP contribution in [0.2, 0.25) is 0 Å². The molecule has 0 unspecified atom stereocenters. The van der Waals surface area contributed by atoms with E-state index in [2.05, 4.69) is 5.32 Å². The summed E-state index contributed by atoms with van der Waals surface area (Å²) in [5.41, 5.74) is -0.685. The maximum absolute atomic E-state index is 13.1. The van der Waals surface area contributed by atoms with Crippen LogP contribution >= 0.6 is 0 Å². The van der Waals surface area contributed by atoms with Crippen molar-refractivity contribution in [2.24, 2.45) is 0 Å². The zero-order valence-electron chi connectivity index (χ0n) is 11.2. The molecule has 1 aromatic rings. The fourth-order valence-corrected chi connectivity index (χ4v) is 1.57. The molecule has 6 nitrogen and oxygen atoms in total. The topological polar surface area (TPSA) is 81.5 Å². The zero-order valence-corrected chi connectivity index (χ0v) is 11.2. The molecule has 0 heterocycles. The van der Waals surface area contributed by atoms with Crippen LogP contribution in [0, 0.1) is 15.9 Å². The predicted molar refractivity (Wildman–Crippen MR) is 71.1 cm³/mol. The van der Waals surface area contributed by atoms with Crippen LogP contribution in [-0.4, -0.2) is 30.6 Å². The van der Waals surface area contributed by atoms with E-state index in [1.165, 1.54) is 0 Å². The number of rotatable bonds is 8. The van der Waals surface area contributed by atoms with Crippen molar-refractivity contribution in [3.8, 4) is 0 Å². The average molecular weight is 284 g/mol. The lowest BCUT2D eigenvalue weighted by Crippen LogP contribution is -2.26. The van der Waals surface area contributed by atoms with Gasteiger partial charge in [-0.3, -0.25) is 14.9 Å². The molecule has 1 amide bonds. The third-order valence-corrected chi connectivity index (χ3v) is 2.50. The Morgan fingerprint density at radius 3 is 2.85 bits per heavy atom. The lowest BCUT2D eigenvalue weighted by atomic mass is 10.1. The molecule has 0 aliphatic carbocycles. The second-order valence-electron chi connectivity index (χ2n) is 4.14. The van der Waals surface area contributed by atoms with Gasteiger partial charge in [0.15, 0.2) is 0 Å². The Labute approximate surface area is 116 Å². The molecule has 0 atom stereocenters. The van der Waals surface area contributed by atoms with Crippen molar-refractivity contribution in [2.45, 2.75) is 19.8 Å². The number of amides is 1. The fraction of sp³-hybridized carbons (Fsp3) is 0.462. The second kappa shape index (κ2) is 8.21. The number of nitrogens with one attached hydrogen (secondary N) is 1. The molecule has 0 saturated carbocycles. The molecule has 7 heteroatoms. The third kappa shape index (κ3) is 4.93. The largest absolute Gasteiger partial charge is 0.381 e. The number of benzene rings is 1. The summed E-state index contributed by atoms with van der Waals surface area (Å²) >= 11 is 0. The lowest BCUT2D eigenvalue weighted by molar-refractivity contribution is -0.385. The van der Waals surface area contributed by atoms with Crippen molar-refractivity contribution < 1.29 is 18.8 Å². The Kier molecular flexibility index (Phi) is 6.58. The van der Waals surface area contributed by atoms with Gasteiger partial charge in [-0.15, -0.1) is 0 Å². The number of hydrogen-bond donors (Lipinski definition) is 1. The van der Waals surface area contributed by atoms with E-state index in [-0.39, 0.29) is 5.56 Å². The average Bonchev–Trinajstić information content (AvgIpc) is 2.42. The normalized spacial score (nSPS) is 10.3. The summed E-state index contributed by atoms with van der Waals surface area (Å²) in [5.74, 6) is -1.35. The minimum atomic E-state index is -0.710. The molecule has 0 spiro atoms. The van der Waals surface area contributed by atoms with Gasteiger partial charge in [0.2, 0.25) is 0 Å². The zero-order chi connectivity index (χ0) is 15.0. The Morgan fingerprint density at radius 1 is 1.45 bits per heavy atom. The van der Waals surface area contributed by atoms with E-state index < -0.39 is 22.3 Å². The maximum atomic E-state index is 13.1. The number of halogens is 1. The molecule has 0 fully saturated rings. The van der Waals surface area contributed by atoms with Gasteiger partial charge in [-0.2, -0.15) is 0 Å². The Hall–Kier alpha value is -2.02. The highest BCUT2D eigenvalue weighted by Gasteiger charge is 2.20. The van der Waals surface area contributed by atoms with Gasteiger partial charge in [0.05, 0.1) is 4.92 Å². The second-order valence-corrected chi connectivity index (χ2v) is 4.14. The van der Waals surface area contributed by atoms with Gasteiger partial charge in [0.25, 0.3) is 11.6 Å². The van der Waals surface area contributed by atoms with Crippen molar-refractivity contribution in [1.29, 1.82) is 0 Å². The van der Waals surface area contributed by atoms with Crippen LogP contribution < -0.4 is 5.32 Å².